The van der Waals surface area contributed by atoms with E-state index in [1.54, 1.807) is 7.11 Å². The highest BCUT2D eigenvalue weighted by Gasteiger charge is 2.33. The van der Waals surface area contributed by atoms with Crippen molar-refractivity contribution in [1.29, 1.82) is 0 Å². The first-order valence-electron chi connectivity index (χ1n) is 8.69. The van der Waals surface area contributed by atoms with E-state index in [1.165, 1.54) is 5.56 Å². The molecule has 5 nitrogen and oxygen atoms in total. The summed E-state index contributed by atoms with van der Waals surface area (Å²) in [5.74, 6) is 1.90. The molecule has 128 valence electrons. The van der Waals surface area contributed by atoms with Crippen molar-refractivity contribution >= 4 is 5.78 Å². The van der Waals surface area contributed by atoms with Gasteiger partial charge in [0.2, 0.25) is 12.6 Å². The van der Waals surface area contributed by atoms with Gasteiger partial charge < -0.3 is 19.1 Å². The van der Waals surface area contributed by atoms with Gasteiger partial charge in [0.1, 0.15) is 0 Å². The normalized spacial score (nSPS) is 28.4. The maximum Gasteiger partial charge on any atom is 0.231 e. The van der Waals surface area contributed by atoms with Crippen LogP contribution in [0.5, 0.6) is 11.5 Å². The van der Waals surface area contributed by atoms with Gasteiger partial charge in [0.15, 0.2) is 17.3 Å². The topological polar surface area (TPSA) is 48.0 Å². The summed E-state index contributed by atoms with van der Waals surface area (Å²) in [5.41, 5.74) is 2.25. The van der Waals surface area contributed by atoms with Crippen molar-refractivity contribution < 1.29 is 19.0 Å². The Hall–Kier alpha value is -2.01. The van der Waals surface area contributed by atoms with E-state index in [4.69, 9.17) is 14.2 Å². The van der Waals surface area contributed by atoms with E-state index in [0.717, 1.165) is 62.4 Å². The molecule has 0 unspecified atom stereocenters. The summed E-state index contributed by atoms with van der Waals surface area (Å²) in [4.78, 5) is 15.5. The molecule has 1 aromatic rings. The van der Waals surface area contributed by atoms with E-state index in [1.807, 2.05) is 12.1 Å². The highest BCUT2D eigenvalue weighted by Crippen LogP contribution is 2.40. The maximum atomic E-state index is 13.1. The molecule has 0 aliphatic carbocycles. The summed E-state index contributed by atoms with van der Waals surface area (Å²) in [6.07, 6.45) is 6.01. The lowest BCUT2D eigenvalue weighted by Crippen LogP contribution is -2.33. The summed E-state index contributed by atoms with van der Waals surface area (Å²) in [6, 6.07) is 4.06. The number of hydrogen-bond acceptors (Lipinski definition) is 5. The van der Waals surface area contributed by atoms with Gasteiger partial charge in [-0.3, -0.25) is 4.79 Å². The largest absolute Gasteiger partial charge is 0.493 e. The summed E-state index contributed by atoms with van der Waals surface area (Å²) >= 11 is 0. The molecule has 0 amide bonds. The first-order chi connectivity index (χ1) is 11.8. The van der Waals surface area contributed by atoms with E-state index in [2.05, 4.69) is 11.0 Å². The van der Waals surface area contributed by atoms with E-state index in [-0.39, 0.29) is 18.5 Å². The summed E-state index contributed by atoms with van der Waals surface area (Å²) in [7, 11) is 1.59. The Bertz CT molecular complexity index is 682. The first-order valence-corrected chi connectivity index (χ1v) is 8.69. The number of Topliss-reactive ketones (excluding diaryl/α,β-unsaturated/α-hetero) is 1. The zero-order valence-corrected chi connectivity index (χ0v) is 14.0. The van der Waals surface area contributed by atoms with Gasteiger partial charge in [-0.25, -0.2) is 0 Å². The Balaban J connectivity index is 1.78. The summed E-state index contributed by atoms with van der Waals surface area (Å²) in [6.45, 7) is 3.02. The minimum Gasteiger partial charge on any atom is -0.493 e. The minimum absolute atomic E-state index is 0.0754. The van der Waals surface area contributed by atoms with Crippen LogP contribution in [0.4, 0.5) is 0 Å². The van der Waals surface area contributed by atoms with Gasteiger partial charge in [0, 0.05) is 13.1 Å². The van der Waals surface area contributed by atoms with Crippen LogP contribution in [0.2, 0.25) is 0 Å². The number of rotatable bonds is 1. The monoisotopic (exact) mass is 329 g/mol. The van der Waals surface area contributed by atoms with Crippen molar-refractivity contribution in [2.45, 2.75) is 31.6 Å². The molecule has 0 N–H and O–H groups in total. The third-order valence-corrected chi connectivity index (χ3v) is 5.19. The number of methoxy groups -OCH3 is 1. The summed E-state index contributed by atoms with van der Waals surface area (Å²) < 4.78 is 16.5. The van der Waals surface area contributed by atoms with E-state index < -0.39 is 0 Å². The van der Waals surface area contributed by atoms with Crippen LogP contribution in [0.1, 0.15) is 36.3 Å². The number of nitrogens with zero attached hydrogens (tertiary/aromatic N) is 1. The molecule has 5 heteroatoms. The average molecular weight is 329 g/mol. The fourth-order valence-corrected chi connectivity index (χ4v) is 3.86. The number of ether oxygens (including phenoxy) is 3. The Kier molecular flexibility index (Phi) is 4.19. The van der Waals surface area contributed by atoms with Gasteiger partial charge in [0.25, 0.3) is 0 Å². The van der Waals surface area contributed by atoms with Crippen molar-refractivity contribution in [2.75, 3.05) is 33.5 Å². The molecule has 3 aliphatic rings. The SMILES string of the molecule is CO/C1=C/CCCC[N@]2CCc3cc4c(cc3[C@@H](C2)C1=O)OCO4. The summed E-state index contributed by atoms with van der Waals surface area (Å²) in [5, 5.41) is 0. The molecule has 0 fully saturated rings. The van der Waals surface area contributed by atoms with Crippen LogP contribution in [-0.2, 0) is 16.0 Å². The minimum atomic E-state index is -0.207. The molecular weight excluding hydrogens is 306 g/mol. The second kappa shape index (κ2) is 6.48. The van der Waals surface area contributed by atoms with Crippen molar-refractivity contribution in [1.82, 2.24) is 4.90 Å². The maximum absolute atomic E-state index is 13.1. The molecule has 0 radical (unpaired) electrons. The molecule has 0 aromatic heterocycles. The highest BCUT2D eigenvalue weighted by atomic mass is 16.7. The number of hydrogen-bond donors (Lipinski definition) is 0. The second-order valence-electron chi connectivity index (χ2n) is 6.64. The van der Waals surface area contributed by atoms with E-state index in [9.17, 15) is 4.79 Å². The molecule has 1 aromatic carbocycles. The predicted molar refractivity (Wildman–Crippen MR) is 89.4 cm³/mol. The number of benzene rings is 1. The molecule has 0 saturated carbocycles. The van der Waals surface area contributed by atoms with E-state index in [0.29, 0.717) is 5.76 Å². The van der Waals surface area contributed by atoms with Crippen molar-refractivity contribution in [3.05, 3.63) is 35.1 Å². The van der Waals surface area contributed by atoms with E-state index >= 15 is 0 Å². The number of allylic oxidation sites excluding steroid dienone is 2. The smallest absolute Gasteiger partial charge is 0.231 e. The lowest BCUT2D eigenvalue weighted by atomic mass is 9.88. The van der Waals surface area contributed by atoms with Gasteiger partial charge in [0.05, 0.1) is 13.0 Å². The molecule has 2 bridgehead atoms. The van der Waals surface area contributed by atoms with Crippen molar-refractivity contribution in [3.63, 3.8) is 0 Å². The Morgan fingerprint density at radius 2 is 2.00 bits per heavy atom. The Labute approximate surface area is 142 Å². The van der Waals surface area contributed by atoms with Gasteiger partial charge in [-0.05, 0) is 61.6 Å². The Morgan fingerprint density at radius 3 is 2.83 bits per heavy atom. The fourth-order valence-electron chi connectivity index (χ4n) is 3.86. The van der Waals surface area contributed by atoms with Crippen LogP contribution < -0.4 is 9.47 Å². The van der Waals surface area contributed by atoms with Crippen LogP contribution in [-0.4, -0.2) is 44.2 Å². The number of ketones is 1. The molecule has 24 heavy (non-hydrogen) atoms. The van der Waals surface area contributed by atoms with Gasteiger partial charge in [-0.15, -0.1) is 0 Å². The second-order valence-corrected chi connectivity index (χ2v) is 6.64. The quantitative estimate of drug-likeness (QED) is 0.793. The predicted octanol–water partition coefficient (Wildman–Crippen LogP) is 2.64. The van der Waals surface area contributed by atoms with Crippen LogP contribution in [0, 0.1) is 0 Å². The Morgan fingerprint density at radius 1 is 1.17 bits per heavy atom. The molecule has 3 heterocycles. The van der Waals surface area contributed by atoms with Crippen LogP contribution >= 0.6 is 0 Å². The molecule has 3 aliphatic heterocycles. The molecule has 4 rings (SSSR count). The average Bonchev–Trinajstić information content (AvgIpc) is 2.98. The molecule has 0 spiro atoms. The van der Waals surface area contributed by atoms with Gasteiger partial charge >= 0.3 is 0 Å². The number of carbonyl (C=O) groups is 1. The molecular formula is C19H23NO4. The lowest BCUT2D eigenvalue weighted by molar-refractivity contribution is -0.120. The third-order valence-electron chi connectivity index (χ3n) is 5.19. The van der Waals surface area contributed by atoms with Crippen molar-refractivity contribution in [3.8, 4) is 11.5 Å². The third kappa shape index (κ3) is 2.77. The zero-order chi connectivity index (χ0) is 16.5. The fraction of sp³-hybridized carbons (Fsp3) is 0.526. The lowest BCUT2D eigenvalue weighted by Gasteiger charge is -2.25. The van der Waals surface area contributed by atoms with Gasteiger partial charge in [-0.1, -0.05) is 0 Å². The zero-order valence-electron chi connectivity index (χ0n) is 14.0. The first kappa shape index (κ1) is 15.5. The number of carbonyl (C=O) groups excluding carboxylic acids is 1. The van der Waals surface area contributed by atoms with Crippen LogP contribution in [0.3, 0.4) is 0 Å². The van der Waals surface area contributed by atoms with Crippen LogP contribution in [0.25, 0.3) is 0 Å². The standard InChI is InChI=1S/C19H23NO4/c1-22-16-5-3-2-4-7-20-8-6-13-9-17-18(24-12-23-17)10-14(13)15(11-20)19(16)21/h5,9-10,15H,2-4,6-8,11-12H2,1H3/b16-5+/t15-/m1/s1. The highest BCUT2D eigenvalue weighted by molar-refractivity contribution is 5.99. The molecule has 0 saturated heterocycles. The molecule has 2 atom stereocenters. The number of fused-ring (bicyclic) bond motifs is 5. The van der Waals surface area contributed by atoms with Gasteiger partial charge in [-0.2, -0.15) is 0 Å². The van der Waals surface area contributed by atoms with Crippen molar-refractivity contribution in [2.24, 2.45) is 0 Å². The van der Waals surface area contributed by atoms with Crippen LogP contribution in [0.15, 0.2) is 24.0 Å².